The molecule has 1 aliphatic heterocycles. The highest BCUT2D eigenvalue weighted by Gasteiger charge is 2.17. The van der Waals surface area contributed by atoms with Gasteiger partial charge < -0.3 is 10.2 Å². The fourth-order valence-corrected chi connectivity index (χ4v) is 2.78. The van der Waals surface area contributed by atoms with E-state index in [0.29, 0.717) is 6.04 Å². The van der Waals surface area contributed by atoms with Crippen molar-refractivity contribution in [3.05, 3.63) is 29.8 Å². The molecular weight excluding hydrogens is 236 g/mol. The fraction of sp³-hybridized carbons (Fsp3) is 0.562. The van der Waals surface area contributed by atoms with E-state index in [0.717, 1.165) is 12.1 Å². The van der Waals surface area contributed by atoms with E-state index in [4.69, 9.17) is 0 Å². The minimum Gasteiger partial charge on any atom is -0.326 e. The standard InChI is InChI=1S/C16H24N2O/c1-13(19)17-15-9-7-14(8-10-15)12-16-6-4-3-5-11-18(16)2/h7-10,16H,3-6,11-12H2,1-2H3,(H,17,19). The number of amides is 1. The maximum absolute atomic E-state index is 11.0. The van der Waals surface area contributed by atoms with Gasteiger partial charge in [0, 0.05) is 18.7 Å². The zero-order valence-corrected chi connectivity index (χ0v) is 12.0. The van der Waals surface area contributed by atoms with Crippen LogP contribution < -0.4 is 5.32 Å². The lowest BCUT2D eigenvalue weighted by molar-refractivity contribution is -0.114. The molecule has 0 radical (unpaired) electrons. The van der Waals surface area contributed by atoms with Crippen molar-refractivity contribution in [2.24, 2.45) is 0 Å². The maximum Gasteiger partial charge on any atom is 0.221 e. The van der Waals surface area contributed by atoms with Crippen molar-refractivity contribution in [2.45, 2.75) is 45.1 Å². The quantitative estimate of drug-likeness (QED) is 0.906. The second kappa shape index (κ2) is 6.71. The number of carbonyl (C=O) groups excluding carboxylic acids is 1. The van der Waals surface area contributed by atoms with E-state index < -0.39 is 0 Å². The third-order valence-corrected chi connectivity index (χ3v) is 3.92. The number of anilines is 1. The third-order valence-electron chi connectivity index (χ3n) is 3.92. The van der Waals surface area contributed by atoms with Crippen LogP contribution in [0.25, 0.3) is 0 Å². The molecule has 0 aliphatic carbocycles. The van der Waals surface area contributed by atoms with Gasteiger partial charge in [0.25, 0.3) is 0 Å². The third kappa shape index (κ3) is 4.35. The molecule has 1 amide bonds. The number of likely N-dealkylation sites (N-methyl/N-ethyl adjacent to an activating group) is 1. The molecule has 1 aromatic rings. The van der Waals surface area contributed by atoms with Crippen molar-refractivity contribution in [1.82, 2.24) is 4.90 Å². The van der Waals surface area contributed by atoms with Gasteiger partial charge >= 0.3 is 0 Å². The van der Waals surface area contributed by atoms with Gasteiger partial charge in [-0.1, -0.05) is 25.0 Å². The molecule has 19 heavy (non-hydrogen) atoms. The highest BCUT2D eigenvalue weighted by Crippen LogP contribution is 2.20. The fourth-order valence-electron chi connectivity index (χ4n) is 2.78. The zero-order chi connectivity index (χ0) is 13.7. The summed E-state index contributed by atoms with van der Waals surface area (Å²) in [5.41, 5.74) is 2.23. The Morgan fingerprint density at radius 3 is 2.68 bits per heavy atom. The second-order valence-electron chi connectivity index (χ2n) is 5.57. The first-order valence-corrected chi connectivity index (χ1v) is 7.22. The van der Waals surface area contributed by atoms with Crippen molar-refractivity contribution in [3.8, 4) is 0 Å². The SMILES string of the molecule is CC(=O)Nc1ccc(CC2CCCCCN2C)cc1. The molecular formula is C16H24N2O. The Bertz CT molecular complexity index is 413. The number of hydrogen-bond donors (Lipinski definition) is 1. The molecule has 3 heteroatoms. The predicted molar refractivity (Wildman–Crippen MR) is 79.3 cm³/mol. The summed E-state index contributed by atoms with van der Waals surface area (Å²) in [5.74, 6) is -0.0174. The molecule has 0 spiro atoms. The molecule has 104 valence electrons. The van der Waals surface area contributed by atoms with E-state index >= 15 is 0 Å². The lowest BCUT2D eigenvalue weighted by Gasteiger charge is -2.25. The van der Waals surface area contributed by atoms with Gasteiger partial charge in [0.05, 0.1) is 0 Å². The van der Waals surface area contributed by atoms with Gasteiger partial charge in [-0.15, -0.1) is 0 Å². The van der Waals surface area contributed by atoms with E-state index in [1.54, 1.807) is 0 Å². The van der Waals surface area contributed by atoms with Gasteiger partial charge in [0.2, 0.25) is 5.91 Å². The largest absolute Gasteiger partial charge is 0.326 e. The minimum atomic E-state index is -0.0174. The van der Waals surface area contributed by atoms with Crippen LogP contribution in [0.2, 0.25) is 0 Å². The Balaban J connectivity index is 1.96. The highest BCUT2D eigenvalue weighted by molar-refractivity contribution is 5.88. The van der Waals surface area contributed by atoms with Gasteiger partial charge in [-0.25, -0.2) is 0 Å². The average molecular weight is 260 g/mol. The molecule has 0 saturated carbocycles. The number of rotatable bonds is 3. The summed E-state index contributed by atoms with van der Waals surface area (Å²) in [6, 6.07) is 8.91. The topological polar surface area (TPSA) is 32.3 Å². The molecule has 1 aromatic carbocycles. The summed E-state index contributed by atoms with van der Waals surface area (Å²) in [5, 5.41) is 2.81. The van der Waals surface area contributed by atoms with Crippen LogP contribution in [-0.2, 0) is 11.2 Å². The summed E-state index contributed by atoms with van der Waals surface area (Å²) < 4.78 is 0. The monoisotopic (exact) mass is 260 g/mol. The maximum atomic E-state index is 11.0. The first kappa shape index (κ1) is 14.1. The summed E-state index contributed by atoms with van der Waals surface area (Å²) >= 11 is 0. The highest BCUT2D eigenvalue weighted by atomic mass is 16.1. The van der Waals surface area contributed by atoms with Crippen LogP contribution in [0.1, 0.15) is 38.2 Å². The molecule has 1 heterocycles. The normalized spacial score (nSPS) is 20.8. The first-order valence-electron chi connectivity index (χ1n) is 7.22. The number of benzene rings is 1. The predicted octanol–water partition coefficient (Wildman–Crippen LogP) is 3.06. The molecule has 2 rings (SSSR count). The Hall–Kier alpha value is -1.35. The van der Waals surface area contributed by atoms with Gasteiger partial charge in [0.15, 0.2) is 0 Å². The summed E-state index contributed by atoms with van der Waals surface area (Å²) in [6.07, 6.45) is 6.44. The van der Waals surface area contributed by atoms with Gasteiger partial charge in [-0.2, -0.15) is 0 Å². The van der Waals surface area contributed by atoms with Gasteiger partial charge in [0.1, 0.15) is 0 Å². The van der Waals surface area contributed by atoms with Crippen LogP contribution in [-0.4, -0.2) is 30.4 Å². The zero-order valence-electron chi connectivity index (χ0n) is 12.0. The van der Waals surface area contributed by atoms with Crippen molar-refractivity contribution in [2.75, 3.05) is 18.9 Å². The Morgan fingerprint density at radius 2 is 2.00 bits per heavy atom. The van der Waals surface area contributed by atoms with E-state index in [1.807, 2.05) is 12.1 Å². The molecule has 1 atom stereocenters. The number of nitrogens with one attached hydrogen (secondary N) is 1. The molecule has 0 bridgehead atoms. The van der Waals surface area contributed by atoms with Crippen molar-refractivity contribution in [3.63, 3.8) is 0 Å². The molecule has 1 fully saturated rings. The van der Waals surface area contributed by atoms with Crippen molar-refractivity contribution in [1.29, 1.82) is 0 Å². The number of likely N-dealkylation sites (tertiary alicyclic amines) is 1. The number of carbonyl (C=O) groups is 1. The van der Waals surface area contributed by atoms with Gasteiger partial charge in [-0.05, 0) is 50.6 Å². The summed E-state index contributed by atoms with van der Waals surface area (Å²) in [7, 11) is 2.24. The molecule has 1 aliphatic rings. The van der Waals surface area contributed by atoms with Crippen LogP contribution in [0.4, 0.5) is 5.69 Å². The van der Waals surface area contributed by atoms with Crippen molar-refractivity contribution < 1.29 is 4.79 Å². The lowest BCUT2D eigenvalue weighted by atomic mass is 10.0. The number of nitrogens with zero attached hydrogens (tertiary/aromatic N) is 1. The Labute approximate surface area is 116 Å². The van der Waals surface area contributed by atoms with E-state index in [-0.39, 0.29) is 5.91 Å². The molecule has 0 aromatic heterocycles. The van der Waals surface area contributed by atoms with E-state index in [9.17, 15) is 4.79 Å². The average Bonchev–Trinajstić information content (AvgIpc) is 2.57. The Morgan fingerprint density at radius 1 is 1.26 bits per heavy atom. The minimum absolute atomic E-state index is 0.0174. The Kier molecular flexibility index (Phi) is 4.97. The first-order chi connectivity index (χ1) is 9.15. The summed E-state index contributed by atoms with van der Waals surface area (Å²) in [4.78, 5) is 13.5. The van der Waals surface area contributed by atoms with E-state index in [1.165, 1.54) is 44.7 Å². The van der Waals surface area contributed by atoms with Crippen LogP contribution in [0.15, 0.2) is 24.3 Å². The molecule has 3 nitrogen and oxygen atoms in total. The van der Waals surface area contributed by atoms with Crippen molar-refractivity contribution >= 4 is 11.6 Å². The molecule has 1 saturated heterocycles. The van der Waals surface area contributed by atoms with Crippen LogP contribution in [0.3, 0.4) is 0 Å². The summed E-state index contributed by atoms with van der Waals surface area (Å²) in [6.45, 7) is 2.75. The van der Waals surface area contributed by atoms with Crippen LogP contribution in [0, 0.1) is 0 Å². The van der Waals surface area contributed by atoms with Crippen LogP contribution in [0.5, 0.6) is 0 Å². The van der Waals surface area contributed by atoms with E-state index in [2.05, 4.69) is 29.4 Å². The molecule has 1 unspecified atom stereocenters. The lowest BCUT2D eigenvalue weighted by Crippen LogP contribution is -2.32. The smallest absolute Gasteiger partial charge is 0.221 e. The molecule has 1 N–H and O–H groups in total. The van der Waals surface area contributed by atoms with Gasteiger partial charge in [-0.3, -0.25) is 4.79 Å². The van der Waals surface area contributed by atoms with Crippen LogP contribution >= 0.6 is 0 Å². The number of hydrogen-bond acceptors (Lipinski definition) is 2. The second-order valence-corrected chi connectivity index (χ2v) is 5.57.